The van der Waals surface area contributed by atoms with Gasteiger partial charge in [-0.1, -0.05) is 23.4 Å². The number of benzene rings is 1. The van der Waals surface area contributed by atoms with Gasteiger partial charge in [-0.25, -0.2) is 4.57 Å². The summed E-state index contributed by atoms with van der Waals surface area (Å²) in [6.07, 6.45) is 0. The van der Waals surface area contributed by atoms with E-state index >= 15 is 0 Å². The first-order valence-electron chi connectivity index (χ1n) is 5.92. The summed E-state index contributed by atoms with van der Waals surface area (Å²) in [5.41, 5.74) is 0. The molecule has 108 valence electrons. The lowest BCUT2D eigenvalue weighted by molar-refractivity contribution is 0.237. The van der Waals surface area contributed by atoms with Gasteiger partial charge >= 0.3 is 6.80 Å². The van der Waals surface area contributed by atoms with Crippen LogP contribution in [0.2, 0.25) is 0 Å². The second-order valence-corrected chi connectivity index (χ2v) is 7.16. The molecule has 0 radical (unpaired) electrons. The number of oxime groups is 1. The summed E-state index contributed by atoms with van der Waals surface area (Å²) < 4.78 is 22.4. The average molecular weight is 314 g/mol. The number of nitriles is 1. The van der Waals surface area contributed by atoms with Gasteiger partial charge in [-0.3, -0.25) is 0 Å². The van der Waals surface area contributed by atoms with Gasteiger partial charge in [0.2, 0.25) is 5.04 Å². The number of hydrogen-bond donors (Lipinski definition) is 0. The van der Waals surface area contributed by atoms with Crippen LogP contribution in [0, 0.1) is 11.3 Å². The van der Waals surface area contributed by atoms with Gasteiger partial charge in [-0.15, -0.1) is 0 Å². The van der Waals surface area contributed by atoms with Crippen molar-refractivity contribution in [3.8, 4) is 11.8 Å². The van der Waals surface area contributed by atoms with Gasteiger partial charge in [0.05, 0.1) is 13.2 Å². The van der Waals surface area contributed by atoms with Crippen LogP contribution in [-0.2, 0) is 13.6 Å². The zero-order valence-electron chi connectivity index (χ0n) is 11.2. The standard InChI is InChI=1S/C12H15N2O4PS/c1-3-16-19(15,17-4-2)20-12(10-13)14-18-11-8-6-5-7-9-11/h5-9H,3-4H2,1-2H3/b14-12+. The minimum absolute atomic E-state index is 0.126. The molecular weight excluding hydrogens is 299 g/mol. The summed E-state index contributed by atoms with van der Waals surface area (Å²) in [6, 6.07) is 10.6. The highest BCUT2D eigenvalue weighted by Gasteiger charge is 2.28. The topological polar surface area (TPSA) is 80.9 Å². The zero-order chi connectivity index (χ0) is 14.8. The molecule has 0 N–H and O–H groups in total. The minimum atomic E-state index is -3.43. The number of nitrogens with zero attached hydrogens (tertiary/aromatic N) is 2. The lowest BCUT2D eigenvalue weighted by atomic mass is 10.3. The Hall–Kier alpha value is -1.32. The molecule has 20 heavy (non-hydrogen) atoms. The van der Waals surface area contributed by atoms with E-state index in [0.29, 0.717) is 17.1 Å². The molecule has 0 spiro atoms. The largest absolute Gasteiger partial charge is 0.396 e. The van der Waals surface area contributed by atoms with Gasteiger partial charge in [0.25, 0.3) is 0 Å². The zero-order valence-corrected chi connectivity index (χ0v) is 12.9. The molecule has 1 aromatic rings. The highest BCUT2D eigenvalue weighted by Crippen LogP contribution is 2.60. The molecule has 0 amide bonds. The molecule has 0 aliphatic heterocycles. The summed E-state index contributed by atoms with van der Waals surface area (Å²) in [5.74, 6) is 0.475. The molecule has 0 atom stereocenters. The fourth-order valence-electron chi connectivity index (χ4n) is 1.15. The van der Waals surface area contributed by atoms with Crippen LogP contribution < -0.4 is 4.84 Å². The Bertz CT molecular complexity index is 520. The molecule has 1 rings (SSSR count). The van der Waals surface area contributed by atoms with E-state index in [2.05, 4.69) is 5.16 Å². The van der Waals surface area contributed by atoms with Crippen molar-refractivity contribution in [3.63, 3.8) is 0 Å². The molecule has 0 saturated heterocycles. The second kappa shape index (κ2) is 8.77. The van der Waals surface area contributed by atoms with Gasteiger partial charge in [-0.2, -0.15) is 5.26 Å². The first kappa shape index (κ1) is 16.7. The Kier molecular flexibility index (Phi) is 7.34. The monoisotopic (exact) mass is 314 g/mol. The van der Waals surface area contributed by atoms with Crippen LogP contribution in [0.25, 0.3) is 0 Å². The third-order valence-electron chi connectivity index (χ3n) is 1.85. The third-order valence-corrected chi connectivity index (χ3v) is 5.38. The fraction of sp³-hybridized carbons (Fsp3) is 0.333. The Labute approximate surface area is 122 Å². The first-order valence-corrected chi connectivity index (χ1v) is 8.88. The van der Waals surface area contributed by atoms with Crippen molar-refractivity contribution in [1.29, 1.82) is 5.26 Å². The van der Waals surface area contributed by atoms with E-state index in [9.17, 15) is 4.57 Å². The van der Waals surface area contributed by atoms with Crippen molar-refractivity contribution in [2.75, 3.05) is 13.2 Å². The van der Waals surface area contributed by atoms with Gasteiger partial charge in [0, 0.05) is 11.4 Å². The highest BCUT2D eigenvalue weighted by atomic mass is 32.7. The number of hydrogen-bond acceptors (Lipinski definition) is 7. The Morgan fingerprint density at radius 1 is 1.30 bits per heavy atom. The van der Waals surface area contributed by atoms with E-state index in [1.165, 1.54) is 0 Å². The van der Waals surface area contributed by atoms with Crippen LogP contribution >= 0.6 is 18.2 Å². The van der Waals surface area contributed by atoms with Crippen molar-refractivity contribution in [3.05, 3.63) is 30.3 Å². The molecule has 1 aromatic carbocycles. The quantitative estimate of drug-likeness (QED) is 0.329. The molecule has 0 heterocycles. The van der Waals surface area contributed by atoms with Crippen molar-refractivity contribution in [2.45, 2.75) is 13.8 Å². The summed E-state index contributed by atoms with van der Waals surface area (Å²) in [5, 5.41) is 12.5. The summed E-state index contributed by atoms with van der Waals surface area (Å²) >= 11 is 0.636. The summed E-state index contributed by atoms with van der Waals surface area (Å²) in [6.45, 7) is 0.373. The minimum Gasteiger partial charge on any atom is -0.355 e. The molecule has 0 aliphatic carbocycles. The molecule has 0 aliphatic rings. The molecular formula is C12H15N2O4PS. The maximum Gasteiger partial charge on any atom is 0.396 e. The van der Waals surface area contributed by atoms with Crippen molar-refractivity contribution < 1.29 is 18.5 Å². The first-order chi connectivity index (χ1) is 9.63. The Balaban J connectivity index is 2.75. The molecule has 0 aromatic heterocycles. The molecule has 8 heteroatoms. The van der Waals surface area contributed by atoms with E-state index in [0.717, 1.165) is 0 Å². The van der Waals surface area contributed by atoms with Crippen LogP contribution in [0.15, 0.2) is 35.5 Å². The lowest BCUT2D eigenvalue weighted by Crippen LogP contribution is -1.98. The maximum absolute atomic E-state index is 12.2. The molecule has 0 fully saturated rings. The van der Waals surface area contributed by atoms with Crippen LogP contribution in [0.3, 0.4) is 0 Å². The van der Waals surface area contributed by atoms with Crippen molar-refractivity contribution in [2.24, 2.45) is 5.16 Å². The van der Waals surface area contributed by atoms with E-state index in [1.807, 2.05) is 6.07 Å². The van der Waals surface area contributed by atoms with Crippen molar-refractivity contribution >= 4 is 23.2 Å². The molecule has 0 bridgehead atoms. The van der Waals surface area contributed by atoms with E-state index in [4.69, 9.17) is 19.1 Å². The van der Waals surface area contributed by atoms with Crippen molar-refractivity contribution in [1.82, 2.24) is 0 Å². The van der Waals surface area contributed by atoms with Gasteiger partial charge in [0.15, 0.2) is 5.75 Å². The predicted octanol–water partition coefficient (Wildman–Crippen LogP) is 3.82. The van der Waals surface area contributed by atoms with Crippen LogP contribution in [0.5, 0.6) is 5.75 Å². The fourth-order valence-corrected chi connectivity index (χ4v) is 4.09. The Morgan fingerprint density at radius 3 is 2.40 bits per heavy atom. The normalized spacial score (nSPS) is 11.9. The van der Waals surface area contributed by atoms with E-state index < -0.39 is 6.80 Å². The van der Waals surface area contributed by atoms with E-state index in [-0.39, 0.29) is 18.3 Å². The maximum atomic E-state index is 12.2. The Morgan fingerprint density at radius 2 is 1.90 bits per heavy atom. The van der Waals surface area contributed by atoms with Gasteiger partial charge in [-0.05, 0) is 26.0 Å². The van der Waals surface area contributed by atoms with Crippen LogP contribution in [0.1, 0.15) is 13.8 Å². The number of rotatable bonds is 7. The molecule has 6 nitrogen and oxygen atoms in total. The lowest BCUT2D eigenvalue weighted by Gasteiger charge is -2.14. The SMILES string of the molecule is CCOP(=O)(OCC)S/C(C#N)=N/Oc1ccccc1. The third kappa shape index (κ3) is 5.76. The average Bonchev–Trinajstić information content (AvgIpc) is 2.45. The van der Waals surface area contributed by atoms with Crippen LogP contribution in [0.4, 0.5) is 0 Å². The van der Waals surface area contributed by atoms with E-state index in [1.54, 1.807) is 44.2 Å². The van der Waals surface area contributed by atoms with Crippen LogP contribution in [-0.4, -0.2) is 18.3 Å². The molecule has 0 unspecified atom stereocenters. The molecule has 0 saturated carbocycles. The highest BCUT2D eigenvalue weighted by molar-refractivity contribution is 8.62. The van der Waals surface area contributed by atoms with Gasteiger partial charge in [0.1, 0.15) is 6.07 Å². The smallest absolute Gasteiger partial charge is 0.355 e. The predicted molar refractivity (Wildman–Crippen MR) is 78.6 cm³/mol. The summed E-state index contributed by atoms with van der Waals surface area (Å²) in [4.78, 5) is 5.07. The second-order valence-electron chi connectivity index (χ2n) is 3.29. The number of para-hydroxylation sites is 1. The van der Waals surface area contributed by atoms with Gasteiger partial charge < -0.3 is 13.9 Å². The summed E-state index contributed by atoms with van der Waals surface area (Å²) in [7, 11) is 0.